The third-order valence-corrected chi connectivity index (χ3v) is 4.20. The van der Waals surface area contributed by atoms with Crippen molar-refractivity contribution >= 4 is 59.3 Å². The van der Waals surface area contributed by atoms with Gasteiger partial charge in [0.15, 0.2) is 0 Å². The van der Waals surface area contributed by atoms with Gasteiger partial charge in [0, 0.05) is 37.3 Å². The number of thiol groups is 2. The van der Waals surface area contributed by atoms with Crippen molar-refractivity contribution in [3.05, 3.63) is 0 Å². The SMILES string of the molecule is NC(CSSC[C@H](N)C(=O)OS)C(=O)OS. The second-order valence-corrected chi connectivity index (χ2v) is 5.52. The minimum atomic E-state index is -0.747. The fourth-order valence-corrected chi connectivity index (χ4v) is 3.00. The standard InChI is InChI=1S/C6H12N2O4S4/c7-3(5(9)11-13)1-15-16-2-4(8)6(10)12-14/h3-4,13-14H,1-2,7-8H2/t3-,4?/m0/s1. The molecule has 0 heterocycles. The molecule has 16 heavy (non-hydrogen) atoms. The molecule has 0 saturated carbocycles. The average Bonchev–Trinajstić information content (AvgIpc) is 2.31. The van der Waals surface area contributed by atoms with Gasteiger partial charge in [0.1, 0.15) is 12.1 Å². The van der Waals surface area contributed by atoms with E-state index in [1.165, 1.54) is 21.6 Å². The molecule has 0 aromatic heterocycles. The number of hydrogen-bond acceptors (Lipinski definition) is 10. The monoisotopic (exact) mass is 304 g/mol. The zero-order valence-corrected chi connectivity index (χ0v) is 11.5. The van der Waals surface area contributed by atoms with Gasteiger partial charge in [-0.2, -0.15) is 0 Å². The molecule has 0 bridgehead atoms. The van der Waals surface area contributed by atoms with Crippen molar-refractivity contribution in [2.45, 2.75) is 12.1 Å². The molecule has 10 heteroatoms. The van der Waals surface area contributed by atoms with Crippen LogP contribution in [0.2, 0.25) is 0 Å². The van der Waals surface area contributed by atoms with E-state index in [0.717, 1.165) is 0 Å². The van der Waals surface area contributed by atoms with Gasteiger partial charge in [-0.05, 0) is 0 Å². The Bertz CT molecular complexity index is 219. The van der Waals surface area contributed by atoms with Gasteiger partial charge >= 0.3 is 11.9 Å². The smallest absolute Gasteiger partial charge is 0.335 e. The predicted molar refractivity (Wildman–Crippen MR) is 71.0 cm³/mol. The predicted octanol–water partition coefficient (Wildman–Crippen LogP) is -0.202. The van der Waals surface area contributed by atoms with Crippen LogP contribution in [0.3, 0.4) is 0 Å². The Morgan fingerprint density at radius 1 is 1.00 bits per heavy atom. The Morgan fingerprint density at radius 2 is 1.31 bits per heavy atom. The molecular weight excluding hydrogens is 292 g/mol. The molecule has 0 aliphatic rings. The lowest BCUT2D eigenvalue weighted by Gasteiger charge is -2.09. The van der Waals surface area contributed by atoms with Gasteiger partial charge in [0.05, 0.1) is 0 Å². The second kappa shape index (κ2) is 9.31. The summed E-state index contributed by atoms with van der Waals surface area (Å²) in [5.74, 6) is -0.523. The zero-order valence-electron chi connectivity index (χ0n) is 8.07. The molecule has 4 N–H and O–H groups in total. The number of hydrogen-bond donors (Lipinski definition) is 4. The summed E-state index contributed by atoms with van der Waals surface area (Å²) in [5.41, 5.74) is 10.9. The third-order valence-electron chi connectivity index (χ3n) is 1.36. The Hall–Kier alpha value is 0.260. The lowest BCUT2D eigenvalue weighted by atomic mass is 10.4. The molecular formula is C6H12N2O4S4. The first-order valence-electron chi connectivity index (χ1n) is 3.99. The lowest BCUT2D eigenvalue weighted by Crippen LogP contribution is -2.34. The number of carbonyl (C=O) groups is 2. The molecule has 0 fully saturated rings. The van der Waals surface area contributed by atoms with Crippen molar-refractivity contribution in [2.24, 2.45) is 11.5 Å². The van der Waals surface area contributed by atoms with Crippen LogP contribution in [0.5, 0.6) is 0 Å². The summed E-state index contributed by atoms with van der Waals surface area (Å²) in [5, 5.41) is 0. The highest BCUT2D eigenvalue weighted by molar-refractivity contribution is 8.76. The van der Waals surface area contributed by atoms with E-state index >= 15 is 0 Å². The molecule has 0 saturated heterocycles. The topological polar surface area (TPSA) is 105 Å². The molecule has 0 aromatic rings. The van der Waals surface area contributed by atoms with Crippen LogP contribution in [0.4, 0.5) is 0 Å². The van der Waals surface area contributed by atoms with Gasteiger partial charge in [0.25, 0.3) is 0 Å². The van der Waals surface area contributed by atoms with E-state index in [1.54, 1.807) is 0 Å². The fraction of sp³-hybridized carbons (Fsp3) is 0.667. The van der Waals surface area contributed by atoms with Crippen LogP contribution in [0.1, 0.15) is 0 Å². The molecule has 0 aliphatic heterocycles. The molecule has 0 spiro atoms. The van der Waals surface area contributed by atoms with Crippen molar-refractivity contribution in [1.29, 1.82) is 0 Å². The summed E-state index contributed by atoms with van der Waals surface area (Å²) >= 11 is 6.67. The summed E-state index contributed by atoms with van der Waals surface area (Å²) in [4.78, 5) is 21.7. The maximum absolute atomic E-state index is 10.8. The second-order valence-electron chi connectivity index (χ2n) is 2.60. The molecule has 0 radical (unpaired) electrons. The summed E-state index contributed by atoms with van der Waals surface area (Å²) in [6.45, 7) is 0. The summed E-state index contributed by atoms with van der Waals surface area (Å²) in [6, 6.07) is -1.49. The van der Waals surface area contributed by atoms with Crippen LogP contribution in [0.15, 0.2) is 0 Å². The van der Waals surface area contributed by atoms with Crippen molar-refractivity contribution in [1.82, 2.24) is 0 Å². The molecule has 94 valence electrons. The van der Waals surface area contributed by atoms with E-state index in [2.05, 4.69) is 34.2 Å². The molecule has 6 nitrogen and oxygen atoms in total. The van der Waals surface area contributed by atoms with Gasteiger partial charge in [-0.15, -0.1) is 0 Å². The van der Waals surface area contributed by atoms with Gasteiger partial charge in [-0.1, -0.05) is 21.6 Å². The van der Waals surface area contributed by atoms with Crippen LogP contribution in [-0.4, -0.2) is 35.5 Å². The highest BCUT2D eigenvalue weighted by Gasteiger charge is 2.17. The highest BCUT2D eigenvalue weighted by atomic mass is 33.1. The van der Waals surface area contributed by atoms with E-state index in [-0.39, 0.29) is 0 Å². The molecule has 0 aliphatic carbocycles. The Morgan fingerprint density at radius 3 is 1.56 bits per heavy atom. The minimum absolute atomic E-state index is 0.340. The molecule has 0 amide bonds. The van der Waals surface area contributed by atoms with E-state index in [0.29, 0.717) is 11.5 Å². The highest BCUT2D eigenvalue weighted by Crippen LogP contribution is 2.22. The number of carbonyl (C=O) groups excluding carboxylic acids is 2. The van der Waals surface area contributed by atoms with E-state index in [9.17, 15) is 9.59 Å². The molecule has 0 aromatic carbocycles. The summed E-state index contributed by atoms with van der Waals surface area (Å²) < 4.78 is 8.29. The number of rotatable bonds is 7. The van der Waals surface area contributed by atoms with E-state index in [4.69, 9.17) is 11.5 Å². The lowest BCUT2D eigenvalue weighted by molar-refractivity contribution is -0.134. The van der Waals surface area contributed by atoms with E-state index < -0.39 is 24.0 Å². The summed E-state index contributed by atoms with van der Waals surface area (Å²) in [7, 11) is 2.61. The first kappa shape index (κ1) is 16.3. The quantitative estimate of drug-likeness (QED) is 0.222. The Kier molecular flexibility index (Phi) is 9.46. The maximum Gasteiger partial charge on any atom is 0.335 e. The van der Waals surface area contributed by atoms with Crippen LogP contribution in [0.25, 0.3) is 0 Å². The fourth-order valence-electron chi connectivity index (χ4n) is 0.514. The van der Waals surface area contributed by atoms with Gasteiger partial charge in [0.2, 0.25) is 0 Å². The van der Waals surface area contributed by atoms with Crippen molar-refractivity contribution in [2.75, 3.05) is 11.5 Å². The van der Waals surface area contributed by atoms with Crippen LogP contribution >= 0.6 is 47.4 Å². The maximum atomic E-state index is 10.8. The van der Waals surface area contributed by atoms with Crippen LogP contribution < -0.4 is 11.5 Å². The van der Waals surface area contributed by atoms with Gasteiger partial charge < -0.3 is 19.8 Å². The van der Waals surface area contributed by atoms with Gasteiger partial charge in [-0.3, -0.25) is 0 Å². The Balaban J connectivity index is 3.60. The molecule has 2 atom stereocenters. The normalized spacial score (nSPS) is 14.0. The average molecular weight is 304 g/mol. The van der Waals surface area contributed by atoms with Crippen molar-refractivity contribution in [3.63, 3.8) is 0 Å². The molecule has 0 rings (SSSR count). The first-order valence-corrected chi connectivity index (χ1v) is 7.20. The van der Waals surface area contributed by atoms with Crippen molar-refractivity contribution < 1.29 is 18.0 Å². The zero-order chi connectivity index (χ0) is 12.6. The van der Waals surface area contributed by atoms with Gasteiger partial charge in [-0.25, -0.2) is 9.59 Å². The Labute approximate surface area is 112 Å². The molecule has 1 unspecified atom stereocenters. The number of nitrogens with two attached hydrogens (primary N) is 2. The first-order chi connectivity index (χ1) is 7.52. The van der Waals surface area contributed by atoms with Crippen molar-refractivity contribution in [3.8, 4) is 0 Å². The van der Waals surface area contributed by atoms with E-state index in [1.807, 2.05) is 0 Å². The largest absolute Gasteiger partial charge is 0.393 e. The van der Waals surface area contributed by atoms with Crippen LogP contribution in [0, 0.1) is 0 Å². The van der Waals surface area contributed by atoms with Crippen LogP contribution in [-0.2, 0) is 18.0 Å². The third kappa shape index (κ3) is 6.76. The minimum Gasteiger partial charge on any atom is -0.393 e. The summed E-state index contributed by atoms with van der Waals surface area (Å²) in [6.07, 6.45) is 0.